The molecule has 2 aromatic carbocycles. The molecule has 1 aliphatic rings. The standard InChI is InChI=1S/C17H12F3NO4S/c1-26(23,24)12-5-4-11(13-14(12)17(22)16(20)15(13)19)25-10-3-2-9(18)6-8(10)7-21/h2-6,15-17,22H,1H3/t15-,16-,17+/m1/s1. The number of aliphatic hydroxyl groups excluding tert-OH is 1. The monoisotopic (exact) mass is 383 g/mol. The predicted octanol–water partition coefficient (Wildman–Crippen LogP) is 3.29. The fourth-order valence-corrected chi connectivity index (χ4v) is 3.82. The van der Waals surface area contributed by atoms with Crippen LogP contribution in [0.5, 0.6) is 11.5 Å². The highest BCUT2D eigenvalue weighted by Crippen LogP contribution is 2.50. The lowest BCUT2D eigenvalue weighted by Crippen LogP contribution is -2.11. The molecule has 0 saturated carbocycles. The Bertz CT molecular complexity index is 1030. The molecule has 1 N–H and O–H groups in total. The molecular weight excluding hydrogens is 371 g/mol. The van der Waals surface area contributed by atoms with Crippen LogP contribution >= 0.6 is 0 Å². The van der Waals surface area contributed by atoms with Gasteiger partial charge in [-0.3, -0.25) is 0 Å². The molecule has 0 spiro atoms. The smallest absolute Gasteiger partial charge is 0.175 e. The Labute approximate surface area is 147 Å². The van der Waals surface area contributed by atoms with E-state index in [2.05, 4.69) is 0 Å². The zero-order valence-corrected chi connectivity index (χ0v) is 14.1. The summed E-state index contributed by atoms with van der Waals surface area (Å²) in [5.74, 6) is -1.07. The predicted molar refractivity (Wildman–Crippen MR) is 84.4 cm³/mol. The number of hydrogen-bond acceptors (Lipinski definition) is 5. The van der Waals surface area contributed by atoms with Crippen LogP contribution in [0.2, 0.25) is 0 Å². The Hall–Kier alpha value is -2.57. The number of benzene rings is 2. The average Bonchev–Trinajstić information content (AvgIpc) is 2.80. The summed E-state index contributed by atoms with van der Waals surface area (Å²) in [5, 5.41) is 19.0. The van der Waals surface area contributed by atoms with Crippen molar-refractivity contribution >= 4 is 9.84 Å². The Morgan fingerprint density at radius 2 is 1.81 bits per heavy atom. The normalized spacial score (nSPS) is 21.9. The van der Waals surface area contributed by atoms with Gasteiger partial charge in [0.2, 0.25) is 0 Å². The molecule has 0 unspecified atom stereocenters. The summed E-state index contributed by atoms with van der Waals surface area (Å²) in [5.41, 5.74) is -1.04. The number of hydrogen-bond donors (Lipinski definition) is 1. The van der Waals surface area contributed by atoms with Crippen molar-refractivity contribution in [3.05, 3.63) is 52.8 Å². The molecule has 9 heteroatoms. The number of alkyl halides is 2. The van der Waals surface area contributed by atoms with E-state index in [0.29, 0.717) is 0 Å². The van der Waals surface area contributed by atoms with Crippen molar-refractivity contribution in [1.29, 1.82) is 5.26 Å². The third-order valence-electron chi connectivity index (χ3n) is 4.04. The molecule has 0 amide bonds. The van der Waals surface area contributed by atoms with Crippen molar-refractivity contribution in [3.8, 4) is 17.6 Å². The number of ether oxygens (including phenoxy) is 1. The number of nitriles is 1. The first-order valence-electron chi connectivity index (χ1n) is 7.35. The van der Waals surface area contributed by atoms with Crippen LogP contribution in [-0.4, -0.2) is 26.0 Å². The first-order valence-corrected chi connectivity index (χ1v) is 9.25. The van der Waals surface area contributed by atoms with Gasteiger partial charge in [-0.25, -0.2) is 21.6 Å². The highest BCUT2D eigenvalue weighted by molar-refractivity contribution is 7.90. The van der Waals surface area contributed by atoms with E-state index < -0.39 is 50.1 Å². The number of aliphatic hydroxyl groups is 1. The molecule has 0 aliphatic heterocycles. The van der Waals surface area contributed by atoms with Gasteiger partial charge in [-0.1, -0.05) is 0 Å². The van der Waals surface area contributed by atoms with E-state index >= 15 is 0 Å². The van der Waals surface area contributed by atoms with Crippen LogP contribution in [-0.2, 0) is 9.84 Å². The summed E-state index contributed by atoms with van der Waals surface area (Å²) in [7, 11) is -3.87. The summed E-state index contributed by atoms with van der Waals surface area (Å²) in [4.78, 5) is -0.408. The molecule has 1 aliphatic carbocycles. The maximum Gasteiger partial charge on any atom is 0.175 e. The van der Waals surface area contributed by atoms with Gasteiger partial charge in [0.05, 0.1) is 10.5 Å². The second kappa shape index (κ2) is 6.30. The van der Waals surface area contributed by atoms with E-state index in [4.69, 9.17) is 10.00 Å². The van der Waals surface area contributed by atoms with E-state index in [9.17, 15) is 26.7 Å². The van der Waals surface area contributed by atoms with Gasteiger partial charge < -0.3 is 9.84 Å². The van der Waals surface area contributed by atoms with Crippen molar-refractivity contribution in [1.82, 2.24) is 0 Å². The van der Waals surface area contributed by atoms with Gasteiger partial charge in [0.1, 0.15) is 29.5 Å². The molecule has 0 heterocycles. The minimum absolute atomic E-state index is 0.118. The van der Waals surface area contributed by atoms with Gasteiger partial charge in [-0.15, -0.1) is 0 Å². The summed E-state index contributed by atoms with van der Waals surface area (Å²) in [6.45, 7) is 0. The first-order chi connectivity index (χ1) is 12.1. The van der Waals surface area contributed by atoms with Gasteiger partial charge in [-0.05, 0) is 30.3 Å². The van der Waals surface area contributed by atoms with Crippen molar-refractivity contribution in [2.45, 2.75) is 23.3 Å². The van der Waals surface area contributed by atoms with Gasteiger partial charge in [0.15, 0.2) is 22.2 Å². The number of fused-ring (bicyclic) bond motifs is 1. The Morgan fingerprint density at radius 3 is 2.42 bits per heavy atom. The second-order valence-corrected chi connectivity index (χ2v) is 7.79. The van der Waals surface area contributed by atoms with Crippen LogP contribution in [0.15, 0.2) is 35.2 Å². The zero-order chi connectivity index (χ0) is 19.2. The van der Waals surface area contributed by atoms with E-state index in [0.717, 1.165) is 36.6 Å². The maximum atomic E-state index is 14.4. The van der Waals surface area contributed by atoms with Gasteiger partial charge in [0.25, 0.3) is 0 Å². The number of rotatable bonds is 3. The minimum Gasteiger partial charge on any atom is -0.456 e. The lowest BCUT2D eigenvalue weighted by molar-refractivity contribution is 0.0454. The van der Waals surface area contributed by atoms with E-state index in [1.807, 2.05) is 0 Å². The largest absolute Gasteiger partial charge is 0.456 e. The molecule has 0 aromatic heterocycles. The van der Waals surface area contributed by atoms with E-state index in [-0.39, 0.29) is 17.1 Å². The number of halogens is 3. The Kier molecular flexibility index (Phi) is 4.42. The summed E-state index contributed by atoms with van der Waals surface area (Å²) in [6, 6.07) is 6.93. The maximum absolute atomic E-state index is 14.4. The Balaban J connectivity index is 2.19. The van der Waals surface area contributed by atoms with Crippen LogP contribution in [0.25, 0.3) is 0 Å². The number of nitrogens with zero attached hydrogens (tertiary/aromatic N) is 1. The number of sulfone groups is 1. The molecule has 3 atom stereocenters. The highest BCUT2D eigenvalue weighted by atomic mass is 32.2. The lowest BCUT2D eigenvalue weighted by atomic mass is 10.1. The van der Waals surface area contributed by atoms with Crippen molar-refractivity contribution in [2.75, 3.05) is 6.26 Å². The zero-order valence-electron chi connectivity index (χ0n) is 13.3. The first kappa shape index (κ1) is 18.2. The third kappa shape index (κ3) is 2.91. The topological polar surface area (TPSA) is 87.4 Å². The van der Waals surface area contributed by atoms with Crippen LogP contribution in [0.1, 0.15) is 29.0 Å². The summed E-state index contributed by atoms with van der Waals surface area (Å²) < 4.78 is 70.8. The van der Waals surface area contributed by atoms with Crippen molar-refractivity contribution in [2.24, 2.45) is 0 Å². The molecule has 3 rings (SSSR count). The molecule has 0 saturated heterocycles. The van der Waals surface area contributed by atoms with Crippen LogP contribution in [0, 0.1) is 17.1 Å². The fraction of sp³-hybridized carbons (Fsp3) is 0.235. The molecule has 26 heavy (non-hydrogen) atoms. The molecule has 5 nitrogen and oxygen atoms in total. The van der Waals surface area contributed by atoms with Crippen LogP contribution in [0.4, 0.5) is 13.2 Å². The third-order valence-corrected chi connectivity index (χ3v) is 5.20. The van der Waals surface area contributed by atoms with E-state index in [1.54, 1.807) is 6.07 Å². The summed E-state index contributed by atoms with van der Waals surface area (Å²) in [6.07, 6.45) is -5.80. The van der Waals surface area contributed by atoms with Gasteiger partial charge >= 0.3 is 0 Å². The molecule has 0 radical (unpaired) electrons. The SMILES string of the molecule is CS(=O)(=O)c1ccc(Oc2ccc(F)cc2C#N)c2c1[C@H](O)[C@H](F)[C@@H]2F. The van der Waals surface area contributed by atoms with E-state index in [1.165, 1.54) is 0 Å². The average molecular weight is 383 g/mol. The lowest BCUT2D eigenvalue weighted by Gasteiger charge is -2.15. The van der Waals surface area contributed by atoms with Crippen LogP contribution < -0.4 is 4.74 Å². The summed E-state index contributed by atoms with van der Waals surface area (Å²) >= 11 is 0. The highest BCUT2D eigenvalue weighted by Gasteiger charge is 2.46. The van der Waals surface area contributed by atoms with Crippen LogP contribution in [0.3, 0.4) is 0 Å². The minimum atomic E-state index is -3.87. The fourth-order valence-electron chi connectivity index (χ4n) is 2.87. The van der Waals surface area contributed by atoms with Crippen molar-refractivity contribution in [3.63, 3.8) is 0 Å². The van der Waals surface area contributed by atoms with Gasteiger partial charge in [-0.2, -0.15) is 5.26 Å². The van der Waals surface area contributed by atoms with Crippen molar-refractivity contribution < 1.29 is 31.4 Å². The molecule has 0 fully saturated rings. The molecular formula is C17H12F3NO4S. The second-order valence-electron chi connectivity index (χ2n) is 5.81. The Morgan fingerprint density at radius 1 is 1.15 bits per heavy atom. The molecule has 2 aromatic rings. The molecule has 0 bridgehead atoms. The van der Waals surface area contributed by atoms with Gasteiger partial charge in [0, 0.05) is 17.4 Å². The molecule has 136 valence electrons. The quantitative estimate of drug-likeness (QED) is 0.879.